The first-order chi connectivity index (χ1) is 9.42. The Labute approximate surface area is 123 Å². The standard InChI is InChI=1S/C13H29N3O3S/c1-12(2)14-7-4-9-16(3)20(17,18)15-8-5-13-6-10-19-11-13/h12-15H,4-11H2,1-3H3. The van der Waals surface area contributed by atoms with Gasteiger partial charge < -0.3 is 10.1 Å². The van der Waals surface area contributed by atoms with Crippen molar-refractivity contribution in [3.8, 4) is 0 Å². The van der Waals surface area contributed by atoms with Gasteiger partial charge in [0.1, 0.15) is 0 Å². The Balaban J connectivity index is 2.17. The zero-order chi connectivity index (χ0) is 15.0. The molecule has 1 heterocycles. The van der Waals surface area contributed by atoms with Crippen molar-refractivity contribution >= 4 is 10.2 Å². The molecule has 120 valence electrons. The summed E-state index contributed by atoms with van der Waals surface area (Å²) in [5.74, 6) is 0.498. The average molecular weight is 307 g/mol. The Morgan fingerprint density at radius 1 is 1.35 bits per heavy atom. The third-order valence-electron chi connectivity index (χ3n) is 3.47. The van der Waals surface area contributed by atoms with Crippen molar-refractivity contribution in [2.45, 2.75) is 39.2 Å². The fourth-order valence-electron chi connectivity index (χ4n) is 2.13. The lowest BCUT2D eigenvalue weighted by Gasteiger charge is -2.18. The van der Waals surface area contributed by atoms with Gasteiger partial charge in [-0.15, -0.1) is 0 Å². The lowest BCUT2D eigenvalue weighted by molar-refractivity contribution is 0.184. The molecule has 0 aromatic rings. The van der Waals surface area contributed by atoms with Gasteiger partial charge >= 0.3 is 0 Å². The molecule has 0 aromatic carbocycles. The molecule has 0 aliphatic carbocycles. The van der Waals surface area contributed by atoms with E-state index in [4.69, 9.17) is 4.74 Å². The van der Waals surface area contributed by atoms with E-state index in [0.717, 1.165) is 39.0 Å². The highest BCUT2D eigenvalue weighted by atomic mass is 32.2. The van der Waals surface area contributed by atoms with Gasteiger partial charge in [-0.25, -0.2) is 4.72 Å². The van der Waals surface area contributed by atoms with Crippen LogP contribution in [0.25, 0.3) is 0 Å². The van der Waals surface area contributed by atoms with E-state index < -0.39 is 10.2 Å². The van der Waals surface area contributed by atoms with Crippen LogP contribution < -0.4 is 10.0 Å². The van der Waals surface area contributed by atoms with Gasteiger partial charge in [-0.05, 0) is 31.7 Å². The normalized spacial score (nSPS) is 20.1. The van der Waals surface area contributed by atoms with E-state index in [2.05, 4.69) is 23.9 Å². The summed E-state index contributed by atoms with van der Waals surface area (Å²) >= 11 is 0. The van der Waals surface area contributed by atoms with E-state index in [1.807, 2.05) is 0 Å². The molecule has 0 bridgehead atoms. The summed E-state index contributed by atoms with van der Waals surface area (Å²) in [6.07, 6.45) is 2.70. The topological polar surface area (TPSA) is 70.7 Å². The molecular formula is C13H29N3O3S. The zero-order valence-corrected chi connectivity index (χ0v) is 13.7. The molecule has 0 radical (unpaired) electrons. The summed E-state index contributed by atoms with van der Waals surface area (Å²) < 4.78 is 33.3. The van der Waals surface area contributed by atoms with Crippen LogP contribution in [-0.4, -0.2) is 58.7 Å². The second kappa shape index (κ2) is 8.94. The van der Waals surface area contributed by atoms with Gasteiger partial charge in [-0.2, -0.15) is 12.7 Å². The number of nitrogens with one attached hydrogen (secondary N) is 2. The predicted octanol–water partition coefficient (Wildman–Crippen LogP) is 0.567. The predicted molar refractivity (Wildman–Crippen MR) is 80.9 cm³/mol. The summed E-state index contributed by atoms with van der Waals surface area (Å²) in [7, 11) is -1.72. The monoisotopic (exact) mass is 307 g/mol. The summed E-state index contributed by atoms with van der Waals surface area (Å²) in [5, 5.41) is 3.28. The van der Waals surface area contributed by atoms with Crippen molar-refractivity contribution in [2.75, 3.05) is 39.9 Å². The smallest absolute Gasteiger partial charge is 0.279 e. The van der Waals surface area contributed by atoms with Crippen LogP contribution in [0.2, 0.25) is 0 Å². The van der Waals surface area contributed by atoms with Crippen molar-refractivity contribution in [2.24, 2.45) is 5.92 Å². The molecule has 1 atom stereocenters. The van der Waals surface area contributed by atoms with E-state index in [0.29, 0.717) is 25.0 Å². The lowest BCUT2D eigenvalue weighted by Crippen LogP contribution is -2.40. The number of hydrogen-bond acceptors (Lipinski definition) is 4. The van der Waals surface area contributed by atoms with Crippen molar-refractivity contribution in [3.05, 3.63) is 0 Å². The second-order valence-corrected chi connectivity index (χ2v) is 7.56. The number of ether oxygens (including phenoxy) is 1. The van der Waals surface area contributed by atoms with E-state index >= 15 is 0 Å². The Kier molecular flexibility index (Phi) is 7.98. The molecule has 1 rings (SSSR count). The van der Waals surface area contributed by atoms with Crippen LogP contribution in [0.3, 0.4) is 0 Å². The van der Waals surface area contributed by atoms with Crippen molar-refractivity contribution in [1.82, 2.24) is 14.3 Å². The van der Waals surface area contributed by atoms with Crippen molar-refractivity contribution in [3.63, 3.8) is 0 Å². The lowest BCUT2D eigenvalue weighted by atomic mass is 10.1. The average Bonchev–Trinajstić information content (AvgIpc) is 2.87. The van der Waals surface area contributed by atoms with Gasteiger partial charge in [0.15, 0.2) is 0 Å². The van der Waals surface area contributed by atoms with Crippen molar-refractivity contribution in [1.29, 1.82) is 0 Å². The quantitative estimate of drug-likeness (QED) is 0.579. The first kappa shape index (κ1) is 17.8. The molecule has 6 nitrogen and oxygen atoms in total. The summed E-state index contributed by atoms with van der Waals surface area (Å²) in [5.41, 5.74) is 0. The van der Waals surface area contributed by atoms with Crippen LogP contribution in [0.15, 0.2) is 0 Å². The largest absolute Gasteiger partial charge is 0.381 e. The third-order valence-corrected chi connectivity index (χ3v) is 5.05. The maximum atomic E-state index is 12.0. The van der Waals surface area contributed by atoms with Crippen LogP contribution in [0.4, 0.5) is 0 Å². The molecule has 1 aliphatic rings. The number of rotatable bonds is 10. The molecule has 0 saturated carbocycles. The van der Waals surface area contributed by atoms with E-state index in [1.54, 1.807) is 7.05 Å². The van der Waals surface area contributed by atoms with Crippen LogP contribution in [-0.2, 0) is 14.9 Å². The SMILES string of the molecule is CC(C)NCCCN(C)S(=O)(=O)NCCC1CCOC1. The van der Waals surface area contributed by atoms with Gasteiger partial charge in [-0.1, -0.05) is 13.8 Å². The highest BCUT2D eigenvalue weighted by Gasteiger charge is 2.19. The molecule has 1 unspecified atom stereocenters. The van der Waals surface area contributed by atoms with Crippen LogP contribution >= 0.6 is 0 Å². The van der Waals surface area contributed by atoms with Gasteiger partial charge in [0.2, 0.25) is 0 Å². The van der Waals surface area contributed by atoms with Crippen LogP contribution in [0.5, 0.6) is 0 Å². The number of nitrogens with zero attached hydrogens (tertiary/aromatic N) is 1. The highest BCUT2D eigenvalue weighted by Crippen LogP contribution is 2.15. The highest BCUT2D eigenvalue weighted by molar-refractivity contribution is 7.87. The fraction of sp³-hybridized carbons (Fsp3) is 1.00. The van der Waals surface area contributed by atoms with E-state index in [1.165, 1.54) is 4.31 Å². The van der Waals surface area contributed by atoms with Gasteiger partial charge in [-0.3, -0.25) is 0 Å². The van der Waals surface area contributed by atoms with Crippen molar-refractivity contribution < 1.29 is 13.2 Å². The Hall–Kier alpha value is -0.210. The minimum absolute atomic E-state index is 0.434. The molecule has 0 amide bonds. The molecule has 1 saturated heterocycles. The number of hydrogen-bond donors (Lipinski definition) is 2. The molecule has 7 heteroatoms. The minimum Gasteiger partial charge on any atom is -0.381 e. The van der Waals surface area contributed by atoms with Gasteiger partial charge in [0.25, 0.3) is 10.2 Å². The minimum atomic E-state index is -3.34. The van der Waals surface area contributed by atoms with Gasteiger partial charge in [0.05, 0.1) is 0 Å². The second-order valence-electron chi connectivity index (χ2n) is 5.70. The summed E-state index contributed by atoms with van der Waals surface area (Å²) in [6, 6.07) is 0.434. The molecular weight excluding hydrogens is 278 g/mol. The molecule has 2 N–H and O–H groups in total. The van der Waals surface area contributed by atoms with E-state index in [-0.39, 0.29) is 0 Å². The fourth-order valence-corrected chi connectivity index (χ4v) is 3.09. The summed E-state index contributed by atoms with van der Waals surface area (Å²) in [6.45, 7) is 7.57. The molecule has 0 spiro atoms. The third kappa shape index (κ3) is 6.99. The first-order valence-corrected chi connectivity index (χ1v) is 8.88. The maximum Gasteiger partial charge on any atom is 0.279 e. The van der Waals surface area contributed by atoms with Crippen LogP contribution in [0.1, 0.15) is 33.1 Å². The molecule has 0 aromatic heterocycles. The zero-order valence-electron chi connectivity index (χ0n) is 12.9. The molecule has 1 aliphatic heterocycles. The van der Waals surface area contributed by atoms with E-state index in [9.17, 15) is 8.42 Å². The molecule has 20 heavy (non-hydrogen) atoms. The Bertz CT molecular complexity index is 354. The molecule has 1 fully saturated rings. The maximum absolute atomic E-state index is 12.0. The Morgan fingerprint density at radius 2 is 2.10 bits per heavy atom. The van der Waals surface area contributed by atoms with Crippen LogP contribution in [0, 0.1) is 5.92 Å². The first-order valence-electron chi connectivity index (χ1n) is 7.44. The summed E-state index contributed by atoms with van der Waals surface area (Å²) in [4.78, 5) is 0. The Morgan fingerprint density at radius 3 is 2.70 bits per heavy atom. The van der Waals surface area contributed by atoms with Gasteiger partial charge in [0, 0.05) is 39.4 Å².